The van der Waals surface area contributed by atoms with Crippen LogP contribution in [0.2, 0.25) is 0 Å². The molecule has 0 bridgehead atoms. The highest BCUT2D eigenvalue weighted by atomic mass is 32.1. The molecule has 1 aromatic carbocycles. The molecule has 0 fully saturated rings. The first-order valence-corrected chi connectivity index (χ1v) is 7.25. The normalized spacial score (nSPS) is 15.0. The Morgan fingerprint density at radius 3 is 2.87 bits per heavy atom. The first-order chi connectivity index (χ1) is 10.9. The molecule has 1 aliphatic rings. The van der Waals surface area contributed by atoms with Gasteiger partial charge in [-0.15, -0.1) is 0 Å². The van der Waals surface area contributed by atoms with Crippen LogP contribution in [0.25, 0.3) is 12.2 Å². The van der Waals surface area contributed by atoms with Gasteiger partial charge in [0.15, 0.2) is 4.77 Å². The zero-order valence-electron chi connectivity index (χ0n) is 12.5. The van der Waals surface area contributed by atoms with Crippen LogP contribution in [0.4, 0.5) is 0 Å². The smallest absolute Gasteiger partial charge is 0.277 e. The number of carbonyl (C=O) groups excluding carboxylic acids is 2. The predicted molar refractivity (Wildman–Crippen MR) is 87.0 cm³/mol. The lowest BCUT2D eigenvalue weighted by Gasteiger charge is -2.05. The molecule has 0 saturated heterocycles. The number of aromatic nitrogens is 2. The molecule has 0 aliphatic carbocycles. The minimum atomic E-state index is -0.440. The van der Waals surface area contributed by atoms with Gasteiger partial charge in [0.1, 0.15) is 5.69 Å². The van der Waals surface area contributed by atoms with Crippen molar-refractivity contribution in [1.82, 2.24) is 9.55 Å². The van der Waals surface area contributed by atoms with Gasteiger partial charge in [-0.2, -0.15) is 0 Å². The van der Waals surface area contributed by atoms with E-state index in [-0.39, 0.29) is 27.8 Å². The Balaban J connectivity index is 2.22. The van der Waals surface area contributed by atoms with Crippen molar-refractivity contribution in [1.29, 1.82) is 0 Å². The summed E-state index contributed by atoms with van der Waals surface area (Å²) in [5.74, 6) is -1.08. The summed E-state index contributed by atoms with van der Waals surface area (Å²) in [5, 5.41) is 11.3. The molecule has 0 atom stereocenters. The van der Waals surface area contributed by atoms with Gasteiger partial charge in [0.2, 0.25) is 11.8 Å². The summed E-state index contributed by atoms with van der Waals surface area (Å²) in [6, 6.07) is 5.61. The summed E-state index contributed by atoms with van der Waals surface area (Å²) in [7, 11) is 0. The number of H-pyrrole nitrogens is 1. The summed E-state index contributed by atoms with van der Waals surface area (Å²) in [5.41, 5.74) is 1.41. The molecule has 1 aromatic heterocycles. The molecule has 2 aromatic rings. The fraction of sp³-hybridized carbons (Fsp3) is 0.125. The van der Waals surface area contributed by atoms with Gasteiger partial charge in [0.25, 0.3) is 5.91 Å². The molecule has 1 amide bonds. The Bertz CT molecular complexity index is 1060. The molecule has 2 heterocycles. The van der Waals surface area contributed by atoms with Crippen LogP contribution in [-0.2, 0) is 4.79 Å². The second kappa shape index (κ2) is 5.44. The Labute approximate surface area is 136 Å². The molecule has 3 rings (SSSR count). The second-order valence-corrected chi connectivity index (χ2v) is 5.63. The average Bonchev–Trinajstić information content (AvgIpc) is 2.74. The van der Waals surface area contributed by atoms with E-state index in [0.717, 1.165) is 15.3 Å². The number of nitrogens with zero attached hydrogens (tertiary/aromatic N) is 2. The number of benzene rings is 1. The molecule has 2 N–H and O–H groups in total. The van der Waals surface area contributed by atoms with Crippen LogP contribution in [0.3, 0.4) is 0 Å². The summed E-state index contributed by atoms with van der Waals surface area (Å²) >= 11 is 4.99. The lowest BCUT2D eigenvalue weighted by molar-refractivity contribution is -0.114. The second-order valence-electron chi connectivity index (χ2n) is 5.24. The highest BCUT2D eigenvalue weighted by Crippen LogP contribution is 2.20. The van der Waals surface area contributed by atoms with Crippen LogP contribution in [-0.4, -0.2) is 26.5 Å². The molecule has 7 heteroatoms. The zero-order chi connectivity index (χ0) is 16.7. The van der Waals surface area contributed by atoms with Gasteiger partial charge in [-0.1, -0.05) is 12.1 Å². The summed E-state index contributed by atoms with van der Waals surface area (Å²) in [6.45, 7) is 3.24. The van der Waals surface area contributed by atoms with E-state index in [0.29, 0.717) is 5.36 Å². The van der Waals surface area contributed by atoms with Crippen molar-refractivity contribution in [2.24, 2.45) is 4.99 Å². The number of nitrogens with one attached hydrogen (secondary N) is 1. The quantitative estimate of drug-likeness (QED) is 0.609. The fourth-order valence-electron chi connectivity index (χ4n) is 2.41. The number of rotatable bonds is 1. The SMILES string of the molecule is CC(=O)n1c(C=C2C=c3ccc(C)cc3=NC2=O)c(O)[nH]c1=S. The van der Waals surface area contributed by atoms with E-state index in [4.69, 9.17) is 12.2 Å². The van der Waals surface area contributed by atoms with E-state index in [1.54, 1.807) is 6.08 Å². The molecule has 6 nitrogen and oxygen atoms in total. The van der Waals surface area contributed by atoms with Gasteiger partial charge < -0.3 is 10.1 Å². The molecule has 0 saturated carbocycles. The predicted octanol–water partition coefficient (Wildman–Crippen LogP) is 1.24. The maximum Gasteiger partial charge on any atom is 0.277 e. The summed E-state index contributed by atoms with van der Waals surface area (Å²) in [4.78, 5) is 30.4. The number of carbonyl (C=O) groups is 2. The van der Waals surface area contributed by atoms with E-state index in [2.05, 4.69) is 9.98 Å². The number of fused-ring (bicyclic) bond motifs is 1. The zero-order valence-corrected chi connectivity index (χ0v) is 13.3. The monoisotopic (exact) mass is 327 g/mol. The maximum atomic E-state index is 12.2. The number of imidazole rings is 1. The first kappa shape index (κ1) is 15.1. The summed E-state index contributed by atoms with van der Waals surface area (Å²) < 4.78 is 1.20. The number of aromatic hydroxyl groups is 1. The van der Waals surface area contributed by atoms with Crippen LogP contribution in [0, 0.1) is 11.7 Å². The molecular weight excluding hydrogens is 314 g/mol. The molecule has 0 radical (unpaired) electrons. The Morgan fingerprint density at radius 2 is 2.17 bits per heavy atom. The Kier molecular flexibility index (Phi) is 3.57. The Morgan fingerprint density at radius 1 is 1.43 bits per heavy atom. The van der Waals surface area contributed by atoms with E-state index in [1.165, 1.54) is 13.0 Å². The number of hydrogen-bond acceptors (Lipinski definition) is 4. The minimum Gasteiger partial charge on any atom is -0.493 e. The van der Waals surface area contributed by atoms with Crippen LogP contribution < -0.4 is 10.6 Å². The molecule has 116 valence electrons. The van der Waals surface area contributed by atoms with Gasteiger partial charge in [0.05, 0.1) is 5.36 Å². The number of aromatic amines is 1. The molecule has 1 aliphatic heterocycles. The molecule has 0 spiro atoms. The lowest BCUT2D eigenvalue weighted by Crippen LogP contribution is -2.30. The minimum absolute atomic E-state index is 0.0677. The van der Waals surface area contributed by atoms with Gasteiger partial charge in [-0.25, -0.2) is 4.99 Å². The van der Waals surface area contributed by atoms with Crippen LogP contribution in [0.15, 0.2) is 28.8 Å². The lowest BCUT2D eigenvalue weighted by atomic mass is 10.1. The fourth-order valence-corrected chi connectivity index (χ4v) is 2.73. The van der Waals surface area contributed by atoms with Crippen molar-refractivity contribution in [2.45, 2.75) is 13.8 Å². The van der Waals surface area contributed by atoms with Crippen molar-refractivity contribution in [3.05, 3.63) is 50.4 Å². The van der Waals surface area contributed by atoms with Gasteiger partial charge in [0, 0.05) is 17.7 Å². The van der Waals surface area contributed by atoms with Crippen LogP contribution in [0.1, 0.15) is 23.0 Å². The standard InChI is InChI=1S/C16H13N3O3S/c1-8-3-4-10-6-11(14(21)17-12(10)5-8)7-13-15(22)18-16(23)19(13)9(2)20/h3-7,22H,1-2H3,(H,18,23). The van der Waals surface area contributed by atoms with Gasteiger partial charge in [-0.3, -0.25) is 14.2 Å². The van der Waals surface area contributed by atoms with Gasteiger partial charge >= 0.3 is 0 Å². The maximum absolute atomic E-state index is 12.2. The van der Waals surface area contributed by atoms with E-state index < -0.39 is 5.91 Å². The third kappa shape index (κ3) is 2.66. The van der Waals surface area contributed by atoms with Crippen molar-refractivity contribution in [3.8, 4) is 5.88 Å². The highest BCUT2D eigenvalue weighted by Gasteiger charge is 2.16. The molecule has 0 unspecified atom stereocenters. The van der Waals surface area contributed by atoms with E-state index >= 15 is 0 Å². The van der Waals surface area contributed by atoms with Gasteiger partial charge in [-0.05, 0) is 42.9 Å². The van der Waals surface area contributed by atoms with Crippen LogP contribution in [0.5, 0.6) is 5.88 Å². The van der Waals surface area contributed by atoms with Crippen LogP contribution >= 0.6 is 12.2 Å². The number of hydrogen-bond donors (Lipinski definition) is 2. The third-order valence-corrected chi connectivity index (χ3v) is 3.77. The number of amides is 1. The largest absolute Gasteiger partial charge is 0.493 e. The summed E-state index contributed by atoms with van der Waals surface area (Å²) in [6.07, 6.45) is 3.07. The van der Waals surface area contributed by atoms with Crippen molar-refractivity contribution in [3.63, 3.8) is 0 Å². The highest BCUT2D eigenvalue weighted by molar-refractivity contribution is 7.71. The number of aryl methyl sites for hydroxylation is 1. The Hall–Kier alpha value is -2.80. The van der Waals surface area contributed by atoms with Crippen molar-refractivity contribution in [2.75, 3.05) is 0 Å². The molecular formula is C16H13N3O3S. The topological polar surface area (TPSA) is 87.4 Å². The average molecular weight is 327 g/mol. The third-order valence-electron chi connectivity index (χ3n) is 3.48. The van der Waals surface area contributed by atoms with Crippen molar-refractivity contribution >= 4 is 36.2 Å². The first-order valence-electron chi connectivity index (χ1n) is 6.85. The van der Waals surface area contributed by atoms with Crippen molar-refractivity contribution < 1.29 is 14.7 Å². The molecule has 23 heavy (non-hydrogen) atoms. The van der Waals surface area contributed by atoms with E-state index in [1.807, 2.05) is 25.1 Å². The van der Waals surface area contributed by atoms with E-state index in [9.17, 15) is 14.7 Å².